The Morgan fingerprint density at radius 1 is 1.12 bits per heavy atom. The molecule has 0 spiro atoms. The van der Waals surface area contributed by atoms with Crippen LogP contribution in [0.25, 0.3) is 16.9 Å². The Balaban J connectivity index is 1.76. The lowest BCUT2D eigenvalue weighted by atomic mass is 10.3. The van der Waals surface area contributed by atoms with Gasteiger partial charge >= 0.3 is 5.97 Å². The highest BCUT2D eigenvalue weighted by atomic mass is 16.4. The fraction of sp³-hybridized carbons (Fsp3) is 0.267. The molecule has 3 aromatic rings. The minimum Gasteiger partial charge on any atom is -0.478 e. The molecule has 0 aliphatic carbocycles. The maximum atomic E-state index is 10.9. The standard InChI is InChI=1S/C15H15N7O2/c23-15(24)10-1-2-12(17-7-10)22-14-11(8-20-22)13(18-9-19-14)21-5-3-16-4-6-21/h1-2,7-9,16H,3-6H2,(H,23,24). The van der Waals surface area contributed by atoms with Crippen molar-refractivity contribution >= 4 is 22.8 Å². The Labute approximate surface area is 137 Å². The number of nitrogens with one attached hydrogen (secondary N) is 1. The molecule has 0 saturated carbocycles. The number of piperazine rings is 1. The van der Waals surface area contributed by atoms with Gasteiger partial charge in [0.25, 0.3) is 0 Å². The molecule has 9 heteroatoms. The van der Waals surface area contributed by atoms with Crippen molar-refractivity contribution in [2.24, 2.45) is 0 Å². The summed E-state index contributed by atoms with van der Waals surface area (Å²) < 4.78 is 1.59. The summed E-state index contributed by atoms with van der Waals surface area (Å²) in [6.07, 6.45) is 4.55. The van der Waals surface area contributed by atoms with Gasteiger partial charge in [-0.1, -0.05) is 0 Å². The second-order valence-corrected chi connectivity index (χ2v) is 5.44. The number of hydrogen-bond donors (Lipinski definition) is 2. The Kier molecular flexibility index (Phi) is 3.54. The summed E-state index contributed by atoms with van der Waals surface area (Å²) in [5.74, 6) is 0.359. The Morgan fingerprint density at radius 3 is 2.67 bits per heavy atom. The third-order valence-corrected chi connectivity index (χ3v) is 3.97. The van der Waals surface area contributed by atoms with Gasteiger partial charge in [-0.15, -0.1) is 0 Å². The number of hydrogen-bond acceptors (Lipinski definition) is 7. The number of carbonyl (C=O) groups is 1. The monoisotopic (exact) mass is 325 g/mol. The van der Waals surface area contributed by atoms with E-state index in [-0.39, 0.29) is 5.56 Å². The highest BCUT2D eigenvalue weighted by Gasteiger charge is 2.18. The van der Waals surface area contributed by atoms with Crippen LogP contribution in [-0.2, 0) is 0 Å². The van der Waals surface area contributed by atoms with E-state index in [9.17, 15) is 4.79 Å². The lowest BCUT2D eigenvalue weighted by Crippen LogP contribution is -2.44. The van der Waals surface area contributed by atoms with E-state index >= 15 is 0 Å². The van der Waals surface area contributed by atoms with Gasteiger partial charge in [-0.3, -0.25) is 0 Å². The summed E-state index contributed by atoms with van der Waals surface area (Å²) >= 11 is 0. The van der Waals surface area contributed by atoms with E-state index in [1.807, 2.05) is 0 Å². The highest BCUT2D eigenvalue weighted by molar-refractivity contribution is 5.88. The first kappa shape index (κ1) is 14.5. The molecule has 1 aliphatic rings. The predicted octanol–water partition coefficient (Wildman–Crippen LogP) is 0.318. The molecule has 3 aromatic heterocycles. The quantitative estimate of drug-likeness (QED) is 0.708. The van der Waals surface area contributed by atoms with Crippen molar-refractivity contribution in [2.45, 2.75) is 0 Å². The average Bonchev–Trinajstić information content (AvgIpc) is 3.06. The molecule has 1 fully saturated rings. The number of aromatic carboxylic acids is 1. The second-order valence-electron chi connectivity index (χ2n) is 5.44. The van der Waals surface area contributed by atoms with Crippen molar-refractivity contribution in [3.05, 3.63) is 36.4 Å². The molecule has 0 aromatic carbocycles. The number of fused-ring (bicyclic) bond motifs is 1. The molecule has 4 heterocycles. The summed E-state index contributed by atoms with van der Waals surface area (Å²) in [6, 6.07) is 3.11. The number of aromatic nitrogens is 5. The van der Waals surface area contributed by atoms with Gasteiger partial charge in [0, 0.05) is 32.4 Å². The molecular formula is C15H15N7O2. The zero-order valence-corrected chi connectivity index (χ0v) is 12.8. The van der Waals surface area contributed by atoms with Crippen LogP contribution in [0, 0.1) is 0 Å². The number of pyridine rings is 1. The van der Waals surface area contributed by atoms with Crippen molar-refractivity contribution in [2.75, 3.05) is 31.1 Å². The normalized spacial score (nSPS) is 14.9. The second kappa shape index (κ2) is 5.85. The smallest absolute Gasteiger partial charge is 0.337 e. The number of carboxylic acids is 1. The first-order valence-corrected chi connectivity index (χ1v) is 7.58. The lowest BCUT2D eigenvalue weighted by molar-refractivity contribution is 0.0696. The minimum atomic E-state index is -1.01. The van der Waals surface area contributed by atoms with Crippen LogP contribution in [0.2, 0.25) is 0 Å². The molecule has 0 amide bonds. The van der Waals surface area contributed by atoms with Crippen LogP contribution in [0.3, 0.4) is 0 Å². The molecule has 1 saturated heterocycles. The van der Waals surface area contributed by atoms with Crippen LogP contribution in [0.5, 0.6) is 0 Å². The van der Waals surface area contributed by atoms with Crippen LogP contribution in [0.15, 0.2) is 30.9 Å². The highest BCUT2D eigenvalue weighted by Crippen LogP contribution is 2.24. The van der Waals surface area contributed by atoms with Gasteiger partial charge in [0.05, 0.1) is 17.1 Å². The van der Waals surface area contributed by atoms with E-state index in [0.717, 1.165) is 37.4 Å². The zero-order valence-electron chi connectivity index (χ0n) is 12.8. The SMILES string of the molecule is O=C(O)c1ccc(-n2ncc3c(N4CCNCC4)ncnc32)nc1. The summed E-state index contributed by atoms with van der Waals surface area (Å²) in [6.45, 7) is 3.58. The van der Waals surface area contributed by atoms with E-state index in [2.05, 4.69) is 30.3 Å². The molecule has 9 nitrogen and oxygen atoms in total. The largest absolute Gasteiger partial charge is 0.478 e. The van der Waals surface area contributed by atoms with Crippen LogP contribution in [0.1, 0.15) is 10.4 Å². The molecule has 24 heavy (non-hydrogen) atoms. The molecule has 0 bridgehead atoms. The number of nitrogens with zero attached hydrogens (tertiary/aromatic N) is 6. The maximum Gasteiger partial charge on any atom is 0.337 e. The fourth-order valence-electron chi connectivity index (χ4n) is 2.77. The molecule has 0 unspecified atom stereocenters. The Morgan fingerprint density at radius 2 is 1.96 bits per heavy atom. The van der Waals surface area contributed by atoms with Gasteiger partial charge in [0.2, 0.25) is 0 Å². The number of rotatable bonds is 3. The van der Waals surface area contributed by atoms with Crippen LogP contribution in [0.4, 0.5) is 5.82 Å². The van der Waals surface area contributed by atoms with Gasteiger partial charge in [-0.2, -0.15) is 9.78 Å². The van der Waals surface area contributed by atoms with Gasteiger partial charge in [0.1, 0.15) is 12.1 Å². The Bertz CT molecular complexity index is 884. The number of carboxylic acid groups (broad SMARTS) is 1. The summed E-state index contributed by atoms with van der Waals surface area (Å²) in [7, 11) is 0. The molecule has 0 radical (unpaired) electrons. The molecule has 0 atom stereocenters. The maximum absolute atomic E-state index is 10.9. The van der Waals surface area contributed by atoms with Crippen LogP contribution in [-0.4, -0.2) is 62.0 Å². The van der Waals surface area contributed by atoms with E-state index in [1.165, 1.54) is 18.6 Å². The van der Waals surface area contributed by atoms with E-state index in [4.69, 9.17) is 5.11 Å². The predicted molar refractivity (Wildman–Crippen MR) is 86.5 cm³/mol. The molecule has 122 valence electrons. The lowest BCUT2D eigenvalue weighted by Gasteiger charge is -2.28. The van der Waals surface area contributed by atoms with E-state index in [0.29, 0.717) is 11.5 Å². The topological polar surface area (TPSA) is 109 Å². The minimum absolute atomic E-state index is 0.131. The van der Waals surface area contributed by atoms with Gasteiger partial charge in [-0.25, -0.2) is 19.7 Å². The van der Waals surface area contributed by atoms with Crippen molar-refractivity contribution in [1.82, 2.24) is 30.0 Å². The van der Waals surface area contributed by atoms with Gasteiger partial charge < -0.3 is 15.3 Å². The fourth-order valence-corrected chi connectivity index (χ4v) is 2.77. The van der Waals surface area contributed by atoms with E-state index in [1.54, 1.807) is 16.9 Å². The van der Waals surface area contributed by atoms with E-state index < -0.39 is 5.97 Å². The number of anilines is 1. The van der Waals surface area contributed by atoms with Crippen LogP contribution < -0.4 is 10.2 Å². The first-order valence-electron chi connectivity index (χ1n) is 7.58. The van der Waals surface area contributed by atoms with Gasteiger partial charge in [-0.05, 0) is 12.1 Å². The van der Waals surface area contributed by atoms with Crippen molar-refractivity contribution in [3.63, 3.8) is 0 Å². The van der Waals surface area contributed by atoms with Crippen molar-refractivity contribution in [1.29, 1.82) is 0 Å². The van der Waals surface area contributed by atoms with Crippen molar-refractivity contribution in [3.8, 4) is 5.82 Å². The third kappa shape index (κ3) is 2.44. The molecule has 1 aliphatic heterocycles. The average molecular weight is 325 g/mol. The summed E-state index contributed by atoms with van der Waals surface area (Å²) in [5, 5.41) is 17.5. The molecule has 2 N–H and O–H groups in total. The zero-order chi connectivity index (χ0) is 16.5. The molecular weight excluding hydrogens is 310 g/mol. The first-order chi connectivity index (χ1) is 11.7. The summed E-state index contributed by atoms with van der Waals surface area (Å²) in [5.41, 5.74) is 0.778. The Hall–Kier alpha value is -3.07. The van der Waals surface area contributed by atoms with Gasteiger partial charge in [0.15, 0.2) is 11.5 Å². The summed E-state index contributed by atoms with van der Waals surface area (Å²) in [4.78, 5) is 26.0. The van der Waals surface area contributed by atoms with Crippen LogP contribution >= 0.6 is 0 Å². The third-order valence-electron chi connectivity index (χ3n) is 3.97. The molecule has 4 rings (SSSR count). The van der Waals surface area contributed by atoms with Crippen molar-refractivity contribution < 1.29 is 9.90 Å².